The molecule has 22 heavy (non-hydrogen) atoms. The fourth-order valence-electron chi connectivity index (χ4n) is 1.73. The Balaban J connectivity index is 1.96. The van der Waals surface area contributed by atoms with Crippen molar-refractivity contribution >= 4 is 52.1 Å². The molecule has 112 valence electrons. The average Bonchev–Trinajstić information content (AvgIpc) is 2.44. The van der Waals surface area contributed by atoms with E-state index in [0.29, 0.717) is 27.0 Å². The van der Waals surface area contributed by atoms with Crippen molar-refractivity contribution < 1.29 is 4.79 Å². The number of rotatable bonds is 4. The third kappa shape index (κ3) is 4.54. The van der Waals surface area contributed by atoms with Crippen molar-refractivity contribution in [1.82, 2.24) is 0 Å². The van der Waals surface area contributed by atoms with Gasteiger partial charge >= 0.3 is 0 Å². The summed E-state index contributed by atoms with van der Waals surface area (Å²) in [5, 5.41) is 15.6. The number of benzene rings is 2. The summed E-state index contributed by atoms with van der Waals surface area (Å²) in [7, 11) is 0. The SMILES string of the molecule is N#Cc1ccc(NC(=O)CNc2cc(Cl)cc(Cl)c2)cc1Cl. The number of carbonyl (C=O) groups excluding carboxylic acids is 1. The Morgan fingerprint density at radius 2 is 1.73 bits per heavy atom. The standard InChI is InChI=1S/C15H10Cl3N3O/c16-10-3-11(17)5-13(4-10)20-8-15(22)21-12-2-1-9(7-19)14(18)6-12/h1-6,20H,8H2,(H,21,22). The van der Waals surface area contributed by atoms with Crippen LogP contribution >= 0.6 is 34.8 Å². The third-order valence-electron chi connectivity index (χ3n) is 2.69. The van der Waals surface area contributed by atoms with Gasteiger partial charge in [-0.2, -0.15) is 5.26 Å². The van der Waals surface area contributed by atoms with Crippen LogP contribution in [0.2, 0.25) is 15.1 Å². The van der Waals surface area contributed by atoms with E-state index in [9.17, 15) is 4.79 Å². The van der Waals surface area contributed by atoms with Crippen LogP contribution in [0.5, 0.6) is 0 Å². The van der Waals surface area contributed by atoms with Gasteiger partial charge in [0.25, 0.3) is 0 Å². The van der Waals surface area contributed by atoms with Crippen LogP contribution in [0, 0.1) is 11.3 Å². The summed E-state index contributed by atoms with van der Waals surface area (Å²) in [4.78, 5) is 11.9. The number of nitriles is 1. The lowest BCUT2D eigenvalue weighted by Crippen LogP contribution is -2.21. The number of anilines is 2. The third-order valence-corrected chi connectivity index (χ3v) is 3.44. The molecular weight excluding hydrogens is 345 g/mol. The lowest BCUT2D eigenvalue weighted by atomic mass is 10.2. The first-order valence-corrected chi connectivity index (χ1v) is 7.31. The Hall–Kier alpha value is -1.93. The van der Waals surface area contributed by atoms with Crippen molar-refractivity contribution in [3.05, 3.63) is 57.0 Å². The second kappa shape index (κ2) is 7.37. The predicted molar refractivity (Wildman–Crippen MR) is 89.7 cm³/mol. The molecule has 0 bridgehead atoms. The molecule has 0 fully saturated rings. The number of hydrogen-bond donors (Lipinski definition) is 2. The van der Waals surface area contributed by atoms with E-state index in [1.807, 2.05) is 6.07 Å². The van der Waals surface area contributed by atoms with Gasteiger partial charge in [-0.25, -0.2) is 0 Å². The molecule has 0 saturated carbocycles. The first kappa shape index (κ1) is 16.4. The number of halogens is 3. The van der Waals surface area contributed by atoms with Gasteiger partial charge < -0.3 is 10.6 Å². The Bertz CT molecular complexity index is 736. The lowest BCUT2D eigenvalue weighted by Gasteiger charge is -2.09. The van der Waals surface area contributed by atoms with E-state index in [1.165, 1.54) is 6.07 Å². The molecule has 0 aliphatic carbocycles. The van der Waals surface area contributed by atoms with E-state index in [4.69, 9.17) is 40.1 Å². The number of nitrogens with one attached hydrogen (secondary N) is 2. The van der Waals surface area contributed by atoms with Gasteiger partial charge in [-0.3, -0.25) is 4.79 Å². The van der Waals surface area contributed by atoms with E-state index in [1.54, 1.807) is 30.3 Å². The maximum atomic E-state index is 11.9. The van der Waals surface area contributed by atoms with Crippen molar-refractivity contribution in [2.24, 2.45) is 0 Å². The minimum atomic E-state index is -0.267. The molecule has 0 unspecified atom stereocenters. The smallest absolute Gasteiger partial charge is 0.243 e. The van der Waals surface area contributed by atoms with E-state index in [2.05, 4.69) is 10.6 Å². The largest absolute Gasteiger partial charge is 0.376 e. The number of hydrogen-bond acceptors (Lipinski definition) is 3. The minimum Gasteiger partial charge on any atom is -0.376 e. The molecule has 2 aromatic carbocycles. The van der Waals surface area contributed by atoms with E-state index < -0.39 is 0 Å². The summed E-state index contributed by atoms with van der Waals surface area (Å²) in [5.74, 6) is -0.267. The van der Waals surface area contributed by atoms with E-state index >= 15 is 0 Å². The summed E-state index contributed by atoms with van der Waals surface area (Å²) in [6.07, 6.45) is 0. The van der Waals surface area contributed by atoms with Crippen LogP contribution in [-0.2, 0) is 4.79 Å². The van der Waals surface area contributed by atoms with Gasteiger partial charge in [-0.15, -0.1) is 0 Å². The van der Waals surface area contributed by atoms with Crippen LogP contribution in [-0.4, -0.2) is 12.5 Å². The van der Waals surface area contributed by atoms with Crippen LogP contribution in [0.15, 0.2) is 36.4 Å². The van der Waals surface area contributed by atoms with Gasteiger partial charge in [0.15, 0.2) is 0 Å². The van der Waals surface area contributed by atoms with E-state index in [-0.39, 0.29) is 17.5 Å². The van der Waals surface area contributed by atoms with Gasteiger partial charge in [0.1, 0.15) is 6.07 Å². The molecule has 0 heterocycles. The summed E-state index contributed by atoms with van der Waals surface area (Å²) in [5.41, 5.74) is 1.51. The lowest BCUT2D eigenvalue weighted by molar-refractivity contribution is -0.114. The minimum absolute atomic E-state index is 0.0360. The van der Waals surface area contributed by atoms with Crippen LogP contribution in [0.4, 0.5) is 11.4 Å². The monoisotopic (exact) mass is 353 g/mol. The normalized spacial score (nSPS) is 9.91. The highest BCUT2D eigenvalue weighted by molar-refractivity contribution is 6.35. The zero-order valence-corrected chi connectivity index (χ0v) is 13.4. The molecule has 7 heteroatoms. The number of amides is 1. The molecule has 0 aliphatic heterocycles. The zero-order valence-electron chi connectivity index (χ0n) is 11.2. The second-order valence-electron chi connectivity index (χ2n) is 4.37. The van der Waals surface area contributed by atoms with Crippen molar-refractivity contribution in [3.63, 3.8) is 0 Å². The predicted octanol–water partition coefficient (Wildman–Crippen LogP) is 4.57. The first-order chi connectivity index (χ1) is 10.5. The van der Waals surface area contributed by atoms with Crippen LogP contribution in [0.1, 0.15) is 5.56 Å². The molecule has 1 amide bonds. The Morgan fingerprint density at radius 1 is 1.05 bits per heavy atom. The highest BCUT2D eigenvalue weighted by Gasteiger charge is 2.06. The number of nitrogens with zero attached hydrogens (tertiary/aromatic N) is 1. The van der Waals surface area contributed by atoms with Gasteiger partial charge in [-0.1, -0.05) is 34.8 Å². The van der Waals surface area contributed by atoms with Crippen molar-refractivity contribution in [1.29, 1.82) is 5.26 Å². The van der Waals surface area contributed by atoms with Crippen molar-refractivity contribution in [2.75, 3.05) is 17.2 Å². The molecular formula is C15H10Cl3N3O. The first-order valence-electron chi connectivity index (χ1n) is 6.17. The molecule has 0 atom stereocenters. The molecule has 0 spiro atoms. The maximum Gasteiger partial charge on any atom is 0.243 e. The Labute approximate surface area is 142 Å². The van der Waals surface area contributed by atoms with Crippen LogP contribution in [0.25, 0.3) is 0 Å². The van der Waals surface area contributed by atoms with Gasteiger partial charge in [0, 0.05) is 21.4 Å². The highest BCUT2D eigenvalue weighted by atomic mass is 35.5. The second-order valence-corrected chi connectivity index (χ2v) is 5.65. The zero-order chi connectivity index (χ0) is 16.1. The topological polar surface area (TPSA) is 64.9 Å². The summed E-state index contributed by atoms with van der Waals surface area (Å²) >= 11 is 17.7. The maximum absolute atomic E-state index is 11.9. The summed E-state index contributed by atoms with van der Waals surface area (Å²) in [6, 6.07) is 11.6. The molecule has 2 aromatic rings. The van der Waals surface area contributed by atoms with E-state index in [0.717, 1.165) is 0 Å². The quantitative estimate of drug-likeness (QED) is 0.845. The van der Waals surface area contributed by atoms with Gasteiger partial charge in [0.2, 0.25) is 5.91 Å². The molecule has 0 aliphatic rings. The molecule has 4 nitrogen and oxygen atoms in total. The highest BCUT2D eigenvalue weighted by Crippen LogP contribution is 2.22. The number of carbonyl (C=O) groups is 1. The average molecular weight is 355 g/mol. The molecule has 0 saturated heterocycles. The van der Waals surface area contributed by atoms with Crippen molar-refractivity contribution in [3.8, 4) is 6.07 Å². The fraction of sp³-hybridized carbons (Fsp3) is 0.0667. The fourth-order valence-corrected chi connectivity index (χ4v) is 2.48. The van der Waals surface area contributed by atoms with Gasteiger partial charge in [0.05, 0.1) is 17.1 Å². The Kier molecular flexibility index (Phi) is 5.51. The molecule has 2 N–H and O–H groups in total. The summed E-state index contributed by atoms with van der Waals surface area (Å²) in [6.45, 7) is 0.0360. The van der Waals surface area contributed by atoms with Gasteiger partial charge in [-0.05, 0) is 36.4 Å². The Morgan fingerprint density at radius 3 is 2.32 bits per heavy atom. The van der Waals surface area contributed by atoms with Crippen LogP contribution in [0.3, 0.4) is 0 Å². The van der Waals surface area contributed by atoms with Crippen molar-refractivity contribution in [2.45, 2.75) is 0 Å². The molecule has 2 rings (SSSR count). The molecule has 0 aromatic heterocycles. The molecule has 0 radical (unpaired) electrons. The van der Waals surface area contributed by atoms with Crippen LogP contribution < -0.4 is 10.6 Å². The summed E-state index contributed by atoms with van der Waals surface area (Å²) < 4.78 is 0.